The molecule has 1 rings (SSSR count). The molecule has 2 atom stereocenters. The maximum absolute atomic E-state index is 11.5. The maximum atomic E-state index is 11.5. The normalized spacial score (nSPS) is 25.8. The van der Waals surface area contributed by atoms with Gasteiger partial charge in [-0.25, -0.2) is 0 Å². The van der Waals surface area contributed by atoms with Crippen molar-refractivity contribution in [2.24, 2.45) is 0 Å². The quantitative estimate of drug-likeness (QED) is 0.652. The molecule has 1 aliphatic heterocycles. The van der Waals surface area contributed by atoms with Gasteiger partial charge in [-0.2, -0.15) is 5.26 Å². The van der Waals surface area contributed by atoms with Crippen molar-refractivity contribution in [3.8, 4) is 6.07 Å². The molecule has 5 heteroatoms. The van der Waals surface area contributed by atoms with E-state index in [1.807, 2.05) is 6.07 Å². The molecule has 0 aromatic carbocycles. The number of likely N-dealkylation sites (N-methyl/N-ethyl adjacent to an activating group) is 1. The van der Waals surface area contributed by atoms with Gasteiger partial charge in [0.05, 0.1) is 18.2 Å². The SMILES string of the molecule is CN(C)C(=O)[C@@H]1C[C@@H](OCC#N)CN1. The first kappa shape index (κ1) is 11.0. The molecule has 1 saturated heterocycles. The summed E-state index contributed by atoms with van der Waals surface area (Å²) in [5.74, 6) is 0.0630. The van der Waals surface area contributed by atoms with Crippen LogP contribution in [0.3, 0.4) is 0 Å². The smallest absolute Gasteiger partial charge is 0.239 e. The van der Waals surface area contributed by atoms with E-state index in [9.17, 15) is 4.79 Å². The van der Waals surface area contributed by atoms with Gasteiger partial charge in [0.1, 0.15) is 6.61 Å². The average molecular weight is 197 g/mol. The van der Waals surface area contributed by atoms with Gasteiger partial charge in [0, 0.05) is 20.6 Å². The number of rotatable bonds is 3. The minimum Gasteiger partial charge on any atom is -0.362 e. The third-order valence-electron chi connectivity index (χ3n) is 2.21. The van der Waals surface area contributed by atoms with Crippen molar-refractivity contribution in [3.05, 3.63) is 0 Å². The number of nitrogens with zero attached hydrogens (tertiary/aromatic N) is 2. The molecule has 1 amide bonds. The van der Waals surface area contributed by atoms with Crippen molar-refractivity contribution in [3.63, 3.8) is 0 Å². The Hall–Kier alpha value is -1.12. The summed E-state index contributed by atoms with van der Waals surface area (Å²) in [5, 5.41) is 11.4. The molecule has 0 unspecified atom stereocenters. The first-order valence-corrected chi connectivity index (χ1v) is 4.58. The highest BCUT2D eigenvalue weighted by atomic mass is 16.5. The summed E-state index contributed by atoms with van der Waals surface area (Å²) in [6.07, 6.45) is 0.641. The van der Waals surface area contributed by atoms with Crippen LogP contribution >= 0.6 is 0 Å². The summed E-state index contributed by atoms with van der Waals surface area (Å²) in [5.41, 5.74) is 0. The van der Waals surface area contributed by atoms with Crippen molar-refractivity contribution in [2.75, 3.05) is 27.2 Å². The van der Waals surface area contributed by atoms with Crippen LogP contribution in [-0.2, 0) is 9.53 Å². The van der Waals surface area contributed by atoms with Gasteiger partial charge in [-0.15, -0.1) is 0 Å². The zero-order valence-corrected chi connectivity index (χ0v) is 8.49. The number of carbonyl (C=O) groups is 1. The zero-order valence-electron chi connectivity index (χ0n) is 8.49. The van der Waals surface area contributed by atoms with Crippen LogP contribution in [-0.4, -0.2) is 50.2 Å². The summed E-state index contributed by atoms with van der Waals surface area (Å²) in [4.78, 5) is 13.1. The first-order chi connectivity index (χ1) is 6.65. The van der Waals surface area contributed by atoms with E-state index in [4.69, 9.17) is 10.00 Å². The van der Waals surface area contributed by atoms with Crippen molar-refractivity contribution in [1.29, 1.82) is 5.26 Å². The van der Waals surface area contributed by atoms with Crippen molar-refractivity contribution >= 4 is 5.91 Å². The number of carbonyl (C=O) groups excluding carboxylic acids is 1. The third kappa shape index (κ3) is 2.69. The minimum atomic E-state index is -0.159. The predicted molar refractivity (Wildman–Crippen MR) is 50.5 cm³/mol. The monoisotopic (exact) mass is 197 g/mol. The van der Waals surface area contributed by atoms with Gasteiger partial charge >= 0.3 is 0 Å². The number of nitriles is 1. The molecular weight excluding hydrogens is 182 g/mol. The van der Waals surface area contributed by atoms with Crippen LogP contribution in [0.1, 0.15) is 6.42 Å². The fourth-order valence-electron chi connectivity index (χ4n) is 1.49. The fraction of sp³-hybridized carbons (Fsp3) is 0.778. The Bertz CT molecular complexity index is 247. The lowest BCUT2D eigenvalue weighted by Gasteiger charge is -2.15. The highest BCUT2D eigenvalue weighted by Crippen LogP contribution is 2.11. The molecule has 78 valence electrons. The van der Waals surface area contributed by atoms with Gasteiger partial charge in [-0.3, -0.25) is 4.79 Å². The van der Waals surface area contributed by atoms with Crippen LogP contribution in [0.5, 0.6) is 0 Å². The Labute approximate surface area is 83.6 Å². The van der Waals surface area contributed by atoms with Gasteiger partial charge in [0.2, 0.25) is 5.91 Å². The van der Waals surface area contributed by atoms with E-state index in [0.29, 0.717) is 13.0 Å². The van der Waals surface area contributed by atoms with E-state index in [2.05, 4.69) is 5.32 Å². The van der Waals surface area contributed by atoms with Gasteiger partial charge < -0.3 is 15.0 Å². The second-order valence-corrected chi connectivity index (χ2v) is 3.52. The van der Waals surface area contributed by atoms with E-state index < -0.39 is 0 Å². The van der Waals surface area contributed by atoms with Gasteiger partial charge in [0.25, 0.3) is 0 Å². The molecule has 5 nitrogen and oxygen atoms in total. The second-order valence-electron chi connectivity index (χ2n) is 3.52. The van der Waals surface area contributed by atoms with E-state index in [1.54, 1.807) is 19.0 Å². The van der Waals surface area contributed by atoms with Crippen molar-refractivity contribution in [2.45, 2.75) is 18.6 Å². The molecule has 0 radical (unpaired) electrons. The zero-order chi connectivity index (χ0) is 10.6. The van der Waals surface area contributed by atoms with E-state index in [-0.39, 0.29) is 24.7 Å². The largest absolute Gasteiger partial charge is 0.362 e. The first-order valence-electron chi connectivity index (χ1n) is 4.58. The standard InChI is InChI=1S/C9H15N3O2/c1-12(2)9(13)8-5-7(6-11-8)14-4-3-10/h7-8,11H,4-6H2,1-2H3/t7-,8+/m1/s1. The summed E-state index contributed by atoms with van der Waals surface area (Å²) in [6.45, 7) is 0.737. The lowest BCUT2D eigenvalue weighted by atomic mass is 10.2. The molecule has 1 fully saturated rings. The maximum Gasteiger partial charge on any atom is 0.239 e. The highest BCUT2D eigenvalue weighted by Gasteiger charge is 2.30. The molecular formula is C9H15N3O2. The lowest BCUT2D eigenvalue weighted by molar-refractivity contribution is -0.130. The minimum absolute atomic E-state index is 0.0106. The third-order valence-corrected chi connectivity index (χ3v) is 2.21. The summed E-state index contributed by atoms with van der Waals surface area (Å²) in [7, 11) is 3.46. The topological polar surface area (TPSA) is 65.4 Å². The molecule has 1 N–H and O–H groups in total. The van der Waals surface area contributed by atoms with E-state index in [1.165, 1.54) is 0 Å². The van der Waals surface area contributed by atoms with Crippen LogP contribution in [0.15, 0.2) is 0 Å². The molecule has 0 saturated carbocycles. The Kier molecular flexibility index (Phi) is 3.86. The Balaban J connectivity index is 2.34. The number of hydrogen-bond donors (Lipinski definition) is 1. The van der Waals surface area contributed by atoms with Crippen LogP contribution in [0.2, 0.25) is 0 Å². The number of ether oxygens (including phenoxy) is 1. The summed E-state index contributed by atoms with van der Waals surface area (Å²) in [6, 6.07) is 1.76. The molecule has 0 bridgehead atoms. The average Bonchev–Trinajstić information content (AvgIpc) is 2.61. The highest BCUT2D eigenvalue weighted by molar-refractivity contribution is 5.81. The van der Waals surface area contributed by atoms with Crippen LogP contribution in [0.4, 0.5) is 0 Å². The fourth-order valence-corrected chi connectivity index (χ4v) is 1.49. The summed E-state index contributed by atoms with van der Waals surface area (Å²) < 4.78 is 5.22. The Morgan fingerprint density at radius 1 is 1.71 bits per heavy atom. The van der Waals surface area contributed by atoms with Gasteiger partial charge in [0.15, 0.2) is 0 Å². The Morgan fingerprint density at radius 3 is 3.00 bits per heavy atom. The van der Waals surface area contributed by atoms with Crippen LogP contribution in [0, 0.1) is 11.3 Å². The van der Waals surface area contributed by atoms with Crippen molar-refractivity contribution < 1.29 is 9.53 Å². The van der Waals surface area contributed by atoms with E-state index >= 15 is 0 Å². The second kappa shape index (κ2) is 4.94. The Morgan fingerprint density at radius 2 is 2.43 bits per heavy atom. The summed E-state index contributed by atoms with van der Waals surface area (Å²) >= 11 is 0. The van der Waals surface area contributed by atoms with Gasteiger partial charge in [-0.05, 0) is 6.42 Å². The number of nitrogens with one attached hydrogen (secondary N) is 1. The van der Waals surface area contributed by atoms with Crippen LogP contribution < -0.4 is 5.32 Å². The molecule has 14 heavy (non-hydrogen) atoms. The van der Waals surface area contributed by atoms with Gasteiger partial charge in [-0.1, -0.05) is 0 Å². The molecule has 0 aromatic rings. The number of amides is 1. The van der Waals surface area contributed by atoms with Crippen LogP contribution in [0.25, 0.3) is 0 Å². The molecule has 0 aromatic heterocycles. The molecule has 1 aliphatic rings. The number of hydrogen-bond acceptors (Lipinski definition) is 4. The predicted octanol–water partition coefficient (Wildman–Crippen LogP) is -0.655. The molecule has 0 spiro atoms. The van der Waals surface area contributed by atoms with E-state index in [0.717, 1.165) is 0 Å². The molecule has 0 aliphatic carbocycles. The van der Waals surface area contributed by atoms with Crippen molar-refractivity contribution in [1.82, 2.24) is 10.2 Å². The molecule has 1 heterocycles. The lowest BCUT2D eigenvalue weighted by Crippen LogP contribution is -2.39.